The van der Waals surface area contributed by atoms with Gasteiger partial charge in [-0.2, -0.15) is 0 Å². The standard InChI is InChI=1S/C19H28N2O2/c1-19(12-20)8-9-21(13-19)18(22)11-15-5-3-4-14-10-16(23-2)6-7-17(14)15/h6-7,10,15H,3-5,8-9,11-13,20H2,1-2H3. The molecule has 0 radical (unpaired) electrons. The molecular formula is C19H28N2O2. The summed E-state index contributed by atoms with van der Waals surface area (Å²) in [5.74, 6) is 1.55. The van der Waals surface area contributed by atoms with Gasteiger partial charge in [0, 0.05) is 19.5 Å². The van der Waals surface area contributed by atoms with Crippen molar-refractivity contribution >= 4 is 5.91 Å². The third-order valence-electron chi connectivity index (χ3n) is 5.61. The number of carbonyl (C=O) groups is 1. The molecule has 2 atom stereocenters. The lowest BCUT2D eigenvalue weighted by molar-refractivity contribution is -0.131. The molecule has 4 nitrogen and oxygen atoms in total. The van der Waals surface area contributed by atoms with Crippen LogP contribution in [0.3, 0.4) is 0 Å². The summed E-state index contributed by atoms with van der Waals surface area (Å²) in [5.41, 5.74) is 8.65. The van der Waals surface area contributed by atoms with E-state index < -0.39 is 0 Å². The summed E-state index contributed by atoms with van der Waals surface area (Å²) in [7, 11) is 1.70. The molecule has 2 N–H and O–H groups in total. The Hall–Kier alpha value is -1.55. The third kappa shape index (κ3) is 3.37. The van der Waals surface area contributed by atoms with Gasteiger partial charge in [-0.3, -0.25) is 4.79 Å². The van der Waals surface area contributed by atoms with Gasteiger partial charge < -0.3 is 15.4 Å². The van der Waals surface area contributed by atoms with Gasteiger partial charge in [-0.25, -0.2) is 0 Å². The summed E-state index contributed by atoms with van der Waals surface area (Å²) in [6.07, 6.45) is 4.99. The number of nitrogens with two attached hydrogens (primary N) is 1. The number of nitrogens with zero attached hydrogens (tertiary/aromatic N) is 1. The third-order valence-corrected chi connectivity index (χ3v) is 5.61. The SMILES string of the molecule is COc1ccc2c(c1)CCCC2CC(=O)N1CCC(C)(CN)C1. The zero-order chi connectivity index (χ0) is 16.4. The van der Waals surface area contributed by atoms with Gasteiger partial charge >= 0.3 is 0 Å². The smallest absolute Gasteiger partial charge is 0.223 e. The summed E-state index contributed by atoms with van der Waals surface area (Å²) >= 11 is 0. The van der Waals surface area contributed by atoms with Crippen molar-refractivity contribution in [2.24, 2.45) is 11.1 Å². The van der Waals surface area contributed by atoms with E-state index in [2.05, 4.69) is 19.1 Å². The van der Waals surface area contributed by atoms with Crippen molar-refractivity contribution in [3.05, 3.63) is 29.3 Å². The molecule has 2 aliphatic rings. The summed E-state index contributed by atoms with van der Waals surface area (Å²) in [4.78, 5) is 14.7. The fourth-order valence-electron chi connectivity index (χ4n) is 3.97. The minimum absolute atomic E-state index is 0.105. The van der Waals surface area contributed by atoms with Crippen LogP contribution in [0.25, 0.3) is 0 Å². The molecule has 1 aromatic carbocycles. The Labute approximate surface area is 139 Å². The first-order valence-electron chi connectivity index (χ1n) is 8.69. The molecule has 1 aromatic rings. The van der Waals surface area contributed by atoms with Gasteiger partial charge in [-0.15, -0.1) is 0 Å². The molecule has 1 aliphatic heterocycles. The Morgan fingerprint density at radius 1 is 1.48 bits per heavy atom. The van der Waals surface area contributed by atoms with E-state index in [1.54, 1.807) is 7.11 Å². The highest BCUT2D eigenvalue weighted by Crippen LogP contribution is 2.37. The summed E-state index contributed by atoms with van der Waals surface area (Å²) in [6, 6.07) is 6.30. The lowest BCUT2D eigenvalue weighted by atomic mass is 9.80. The molecule has 0 aromatic heterocycles. The number of ether oxygens (including phenoxy) is 1. The molecule has 4 heteroatoms. The largest absolute Gasteiger partial charge is 0.497 e. The van der Waals surface area contributed by atoms with E-state index in [4.69, 9.17) is 10.5 Å². The van der Waals surface area contributed by atoms with Crippen LogP contribution in [0.15, 0.2) is 18.2 Å². The molecule has 126 valence electrons. The Bertz CT molecular complexity index is 587. The number of aryl methyl sites for hydroxylation is 1. The predicted octanol–water partition coefficient (Wildman–Crippen LogP) is 2.70. The van der Waals surface area contributed by atoms with E-state index in [1.165, 1.54) is 11.1 Å². The van der Waals surface area contributed by atoms with Crippen molar-refractivity contribution in [2.45, 2.75) is 44.9 Å². The van der Waals surface area contributed by atoms with E-state index in [0.717, 1.165) is 44.5 Å². The molecule has 1 aliphatic carbocycles. The normalized spacial score (nSPS) is 26.9. The monoisotopic (exact) mass is 316 g/mol. The molecule has 3 rings (SSSR count). The Morgan fingerprint density at radius 2 is 2.30 bits per heavy atom. The van der Waals surface area contributed by atoms with E-state index in [1.807, 2.05) is 11.0 Å². The predicted molar refractivity (Wildman–Crippen MR) is 91.6 cm³/mol. The van der Waals surface area contributed by atoms with Crippen molar-refractivity contribution < 1.29 is 9.53 Å². The van der Waals surface area contributed by atoms with E-state index in [9.17, 15) is 4.79 Å². The topological polar surface area (TPSA) is 55.6 Å². The van der Waals surface area contributed by atoms with Crippen LogP contribution in [0.5, 0.6) is 5.75 Å². The van der Waals surface area contributed by atoms with Crippen LogP contribution in [0.2, 0.25) is 0 Å². The maximum absolute atomic E-state index is 12.7. The van der Waals surface area contributed by atoms with Gasteiger partial charge in [0.15, 0.2) is 0 Å². The van der Waals surface area contributed by atoms with Crippen LogP contribution in [-0.4, -0.2) is 37.6 Å². The average molecular weight is 316 g/mol. The van der Waals surface area contributed by atoms with Gasteiger partial charge in [0.2, 0.25) is 5.91 Å². The lowest BCUT2D eigenvalue weighted by Gasteiger charge is -2.28. The van der Waals surface area contributed by atoms with E-state index >= 15 is 0 Å². The number of carbonyl (C=O) groups excluding carboxylic acids is 1. The van der Waals surface area contributed by atoms with Crippen molar-refractivity contribution in [3.8, 4) is 5.75 Å². The van der Waals surface area contributed by atoms with Crippen molar-refractivity contribution in [1.29, 1.82) is 0 Å². The summed E-state index contributed by atoms with van der Waals surface area (Å²) in [6.45, 7) is 4.50. The molecule has 23 heavy (non-hydrogen) atoms. The van der Waals surface area contributed by atoms with Crippen LogP contribution in [0, 0.1) is 5.41 Å². The lowest BCUT2D eigenvalue weighted by Crippen LogP contribution is -2.35. The molecule has 1 heterocycles. The molecule has 1 fully saturated rings. The number of hydrogen-bond donors (Lipinski definition) is 1. The molecule has 0 bridgehead atoms. The Morgan fingerprint density at radius 3 is 3.00 bits per heavy atom. The maximum Gasteiger partial charge on any atom is 0.223 e. The molecular weight excluding hydrogens is 288 g/mol. The van der Waals surface area contributed by atoms with Crippen molar-refractivity contribution in [2.75, 3.05) is 26.7 Å². The van der Waals surface area contributed by atoms with Gasteiger partial charge in [-0.1, -0.05) is 13.0 Å². The van der Waals surface area contributed by atoms with Crippen molar-refractivity contribution in [3.63, 3.8) is 0 Å². The highest BCUT2D eigenvalue weighted by molar-refractivity contribution is 5.77. The van der Waals surface area contributed by atoms with Crippen LogP contribution < -0.4 is 10.5 Å². The molecule has 2 unspecified atom stereocenters. The highest BCUT2D eigenvalue weighted by Gasteiger charge is 2.35. The maximum atomic E-state index is 12.7. The van der Waals surface area contributed by atoms with Crippen LogP contribution in [0.4, 0.5) is 0 Å². The fourth-order valence-corrected chi connectivity index (χ4v) is 3.97. The number of rotatable bonds is 4. The quantitative estimate of drug-likeness (QED) is 0.929. The number of amides is 1. The number of likely N-dealkylation sites (tertiary alicyclic amines) is 1. The molecule has 0 saturated carbocycles. The van der Waals surface area contributed by atoms with Crippen LogP contribution >= 0.6 is 0 Å². The Balaban J connectivity index is 1.69. The van der Waals surface area contributed by atoms with E-state index in [0.29, 0.717) is 18.9 Å². The average Bonchev–Trinajstić information content (AvgIpc) is 2.98. The minimum atomic E-state index is 0.105. The number of hydrogen-bond acceptors (Lipinski definition) is 3. The zero-order valence-corrected chi connectivity index (χ0v) is 14.3. The van der Waals surface area contributed by atoms with Gasteiger partial charge in [0.25, 0.3) is 0 Å². The molecule has 0 spiro atoms. The number of methoxy groups -OCH3 is 1. The second-order valence-electron chi connectivity index (χ2n) is 7.44. The highest BCUT2D eigenvalue weighted by atomic mass is 16.5. The first-order valence-corrected chi connectivity index (χ1v) is 8.69. The van der Waals surface area contributed by atoms with Crippen molar-refractivity contribution in [1.82, 2.24) is 4.90 Å². The number of benzene rings is 1. The second-order valence-corrected chi connectivity index (χ2v) is 7.44. The summed E-state index contributed by atoms with van der Waals surface area (Å²) < 4.78 is 5.33. The first kappa shape index (κ1) is 16.3. The molecule has 1 amide bonds. The van der Waals surface area contributed by atoms with Crippen LogP contribution in [0.1, 0.15) is 49.7 Å². The van der Waals surface area contributed by atoms with Gasteiger partial charge in [0.1, 0.15) is 5.75 Å². The minimum Gasteiger partial charge on any atom is -0.497 e. The van der Waals surface area contributed by atoms with Gasteiger partial charge in [-0.05, 0) is 66.8 Å². The fraction of sp³-hybridized carbons (Fsp3) is 0.632. The van der Waals surface area contributed by atoms with E-state index in [-0.39, 0.29) is 11.3 Å². The van der Waals surface area contributed by atoms with Crippen LogP contribution in [-0.2, 0) is 11.2 Å². The molecule has 1 saturated heterocycles. The number of fused-ring (bicyclic) bond motifs is 1. The summed E-state index contributed by atoms with van der Waals surface area (Å²) in [5, 5.41) is 0. The Kier molecular flexibility index (Phi) is 4.62. The van der Waals surface area contributed by atoms with Gasteiger partial charge in [0.05, 0.1) is 7.11 Å². The first-order chi connectivity index (χ1) is 11.0. The zero-order valence-electron chi connectivity index (χ0n) is 14.3. The second kappa shape index (κ2) is 6.52.